The summed E-state index contributed by atoms with van der Waals surface area (Å²) in [5.41, 5.74) is -0.172. The van der Waals surface area contributed by atoms with Gasteiger partial charge in [-0.3, -0.25) is 10.1 Å². The highest BCUT2D eigenvalue weighted by Crippen LogP contribution is 2.22. The van der Waals surface area contributed by atoms with Crippen molar-refractivity contribution in [3.8, 4) is 5.88 Å². The molecule has 0 unspecified atom stereocenters. The lowest BCUT2D eigenvalue weighted by Gasteiger charge is -2.06. The predicted molar refractivity (Wildman–Crippen MR) is 76.3 cm³/mol. The van der Waals surface area contributed by atoms with Crippen LogP contribution >= 0.6 is 15.9 Å². The van der Waals surface area contributed by atoms with Crippen LogP contribution in [0.2, 0.25) is 0 Å². The molecule has 21 heavy (non-hydrogen) atoms. The van der Waals surface area contributed by atoms with Gasteiger partial charge in [0.15, 0.2) is 0 Å². The van der Waals surface area contributed by atoms with E-state index >= 15 is 0 Å². The van der Waals surface area contributed by atoms with Crippen molar-refractivity contribution in [3.05, 3.63) is 62.2 Å². The van der Waals surface area contributed by atoms with E-state index in [0.717, 1.165) is 22.3 Å². The average molecular weight is 353 g/mol. The molecule has 1 heterocycles. The van der Waals surface area contributed by atoms with E-state index < -0.39 is 22.1 Å². The maximum atomic E-state index is 11.0. The fourth-order valence-electron chi connectivity index (χ4n) is 1.56. The molecule has 2 rings (SSSR count). The Morgan fingerprint density at radius 3 is 2.62 bits per heavy atom. The van der Waals surface area contributed by atoms with Crippen LogP contribution < -0.4 is 4.74 Å². The monoisotopic (exact) mass is 352 g/mol. The van der Waals surface area contributed by atoms with Gasteiger partial charge in [0.1, 0.15) is 18.4 Å². The summed E-state index contributed by atoms with van der Waals surface area (Å²) >= 11 is 3.31. The minimum atomic E-state index is -1.41. The Hall–Kier alpha value is -2.48. The topological polar surface area (TPSA) is 103 Å². The molecule has 0 aliphatic heterocycles. The first-order chi connectivity index (χ1) is 9.97. The average Bonchev–Trinajstić information content (AvgIpc) is 2.46. The molecular formula is C13H9BrN2O5. The highest BCUT2D eigenvalue weighted by atomic mass is 79.9. The number of carbonyl (C=O) groups is 1. The Balaban J connectivity index is 2.17. The second-order valence-corrected chi connectivity index (χ2v) is 4.93. The summed E-state index contributed by atoms with van der Waals surface area (Å²) in [6.45, 7) is 0.178. The van der Waals surface area contributed by atoms with Crippen molar-refractivity contribution in [3.63, 3.8) is 0 Å². The van der Waals surface area contributed by atoms with Gasteiger partial charge in [0.25, 0.3) is 0 Å². The van der Waals surface area contributed by atoms with Crippen molar-refractivity contribution in [2.24, 2.45) is 0 Å². The Labute approximate surface area is 127 Å². The minimum Gasteiger partial charge on any atom is -0.477 e. The molecule has 1 aromatic heterocycles. The summed E-state index contributed by atoms with van der Waals surface area (Å²) < 4.78 is 6.27. The first-order valence-corrected chi connectivity index (χ1v) is 6.51. The van der Waals surface area contributed by atoms with Gasteiger partial charge >= 0.3 is 11.7 Å². The number of ether oxygens (including phenoxy) is 1. The van der Waals surface area contributed by atoms with Crippen molar-refractivity contribution in [1.82, 2.24) is 4.98 Å². The number of nitro groups is 1. The van der Waals surface area contributed by atoms with E-state index in [0.29, 0.717) is 0 Å². The van der Waals surface area contributed by atoms with Gasteiger partial charge in [0, 0.05) is 10.5 Å². The van der Waals surface area contributed by atoms with E-state index in [9.17, 15) is 14.9 Å². The summed E-state index contributed by atoms with van der Waals surface area (Å²) in [5, 5.41) is 19.7. The number of rotatable bonds is 5. The molecule has 0 radical (unpaired) electrons. The Bertz CT molecular complexity index is 687. The summed E-state index contributed by atoms with van der Waals surface area (Å²) in [5.74, 6) is -1.39. The first-order valence-electron chi connectivity index (χ1n) is 5.72. The highest BCUT2D eigenvalue weighted by Gasteiger charge is 2.21. The van der Waals surface area contributed by atoms with Crippen LogP contribution in [0.4, 0.5) is 5.69 Å². The maximum Gasteiger partial charge on any atom is 0.342 e. The number of pyridine rings is 1. The quantitative estimate of drug-likeness (QED) is 0.655. The van der Waals surface area contributed by atoms with E-state index in [-0.39, 0.29) is 12.5 Å². The molecule has 0 aliphatic carbocycles. The number of carboxylic acids is 1. The third kappa shape index (κ3) is 3.76. The molecule has 0 atom stereocenters. The summed E-state index contributed by atoms with van der Waals surface area (Å²) in [6.07, 6.45) is 0.875. The number of carboxylic acid groups (broad SMARTS) is 1. The number of halogens is 1. The molecule has 0 amide bonds. The lowest BCUT2D eigenvalue weighted by molar-refractivity contribution is -0.385. The molecule has 1 N–H and O–H groups in total. The number of nitrogens with zero attached hydrogens (tertiary/aromatic N) is 2. The minimum absolute atomic E-state index is 0.0147. The number of hydrogen-bond donors (Lipinski definition) is 1. The zero-order valence-electron chi connectivity index (χ0n) is 10.5. The van der Waals surface area contributed by atoms with E-state index in [1.165, 1.54) is 0 Å². The molecule has 108 valence electrons. The van der Waals surface area contributed by atoms with Crippen LogP contribution in [0.1, 0.15) is 15.9 Å². The van der Waals surface area contributed by atoms with E-state index in [1.54, 1.807) is 0 Å². The number of hydrogen-bond acceptors (Lipinski definition) is 5. The van der Waals surface area contributed by atoms with Crippen molar-refractivity contribution in [2.75, 3.05) is 0 Å². The standard InChI is InChI=1S/C13H9BrN2O5/c14-9-3-1-8(2-4-9)7-21-12-5-10(13(17)18)11(6-15-12)16(19)20/h1-6H,7H2,(H,17,18). The van der Waals surface area contributed by atoms with Gasteiger partial charge in [-0.25, -0.2) is 9.78 Å². The molecule has 7 nitrogen and oxygen atoms in total. The second kappa shape index (κ2) is 6.31. The Morgan fingerprint density at radius 1 is 1.38 bits per heavy atom. The molecule has 1 aromatic carbocycles. The van der Waals surface area contributed by atoms with Crippen LogP contribution in [0.15, 0.2) is 41.0 Å². The van der Waals surface area contributed by atoms with E-state index in [4.69, 9.17) is 9.84 Å². The van der Waals surface area contributed by atoms with Crippen LogP contribution in [0.3, 0.4) is 0 Å². The normalized spacial score (nSPS) is 10.1. The predicted octanol–water partition coefficient (Wildman–Crippen LogP) is 3.03. The summed E-state index contributed by atoms with van der Waals surface area (Å²) in [6, 6.07) is 8.37. The lowest BCUT2D eigenvalue weighted by atomic mass is 10.2. The molecule has 0 bridgehead atoms. The smallest absolute Gasteiger partial charge is 0.342 e. The van der Waals surface area contributed by atoms with E-state index in [2.05, 4.69) is 20.9 Å². The molecule has 0 fully saturated rings. The third-order valence-corrected chi connectivity index (χ3v) is 3.11. The molecule has 0 saturated carbocycles. The van der Waals surface area contributed by atoms with Crippen LogP contribution in [0.5, 0.6) is 5.88 Å². The molecule has 0 saturated heterocycles. The van der Waals surface area contributed by atoms with Gasteiger partial charge in [-0.05, 0) is 17.7 Å². The van der Waals surface area contributed by atoms with Crippen LogP contribution in [0.25, 0.3) is 0 Å². The maximum absolute atomic E-state index is 11.0. The largest absolute Gasteiger partial charge is 0.477 e. The van der Waals surface area contributed by atoms with Crippen molar-refractivity contribution < 1.29 is 19.6 Å². The fourth-order valence-corrected chi connectivity index (χ4v) is 1.83. The molecule has 0 spiro atoms. The zero-order valence-corrected chi connectivity index (χ0v) is 12.1. The summed E-state index contributed by atoms with van der Waals surface area (Å²) in [7, 11) is 0. The van der Waals surface area contributed by atoms with Crippen molar-refractivity contribution in [1.29, 1.82) is 0 Å². The zero-order chi connectivity index (χ0) is 15.4. The Morgan fingerprint density at radius 2 is 2.05 bits per heavy atom. The molecular weight excluding hydrogens is 344 g/mol. The van der Waals surface area contributed by atoms with Gasteiger partial charge in [0.05, 0.1) is 4.92 Å². The molecule has 0 aliphatic rings. The highest BCUT2D eigenvalue weighted by molar-refractivity contribution is 9.10. The van der Waals surface area contributed by atoms with Crippen LogP contribution in [-0.2, 0) is 6.61 Å². The third-order valence-electron chi connectivity index (χ3n) is 2.58. The second-order valence-electron chi connectivity index (χ2n) is 4.02. The lowest BCUT2D eigenvalue weighted by Crippen LogP contribution is -2.05. The van der Waals surface area contributed by atoms with Gasteiger partial charge in [-0.15, -0.1) is 0 Å². The van der Waals surface area contributed by atoms with E-state index in [1.807, 2.05) is 24.3 Å². The van der Waals surface area contributed by atoms with Crippen LogP contribution in [0, 0.1) is 10.1 Å². The van der Waals surface area contributed by atoms with Gasteiger partial charge in [0.2, 0.25) is 5.88 Å². The SMILES string of the molecule is O=C(O)c1cc(OCc2ccc(Br)cc2)ncc1[N+](=O)[O-]. The number of aromatic carboxylic acids is 1. The first kappa shape index (κ1) is 14.9. The Kier molecular flexibility index (Phi) is 4.49. The van der Waals surface area contributed by atoms with Crippen LogP contribution in [-0.4, -0.2) is 21.0 Å². The van der Waals surface area contributed by atoms with Crippen molar-refractivity contribution >= 4 is 27.6 Å². The fraction of sp³-hybridized carbons (Fsp3) is 0.0769. The summed E-state index contributed by atoms with van der Waals surface area (Å²) in [4.78, 5) is 24.6. The number of aromatic nitrogens is 1. The van der Waals surface area contributed by atoms with Crippen molar-refractivity contribution in [2.45, 2.75) is 6.61 Å². The van der Waals surface area contributed by atoms with Gasteiger partial charge in [-0.1, -0.05) is 28.1 Å². The van der Waals surface area contributed by atoms with Gasteiger partial charge < -0.3 is 9.84 Å². The molecule has 2 aromatic rings. The number of benzene rings is 1. The van der Waals surface area contributed by atoms with Gasteiger partial charge in [-0.2, -0.15) is 0 Å². The molecule has 8 heteroatoms.